The topological polar surface area (TPSA) is 55.8 Å². The van der Waals surface area contributed by atoms with E-state index < -0.39 is 0 Å². The van der Waals surface area contributed by atoms with Crippen molar-refractivity contribution < 1.29 is 19.1 Å². The summed E-state index contributed by atoms with van der Waals surface area (Å²) in [5, 5.41) is 0. The lowest BCUT2D eigenvalue weighted by molar-refractivity contribution is -0.133. The molecule has 0 atom stereocenters. The van der Waals surface area contributed by atoms with Gasteiger partial charge in [-0.25, -0.2) is 0 Å². The number of rotatable bonds is 10. The third-order valence-electron chi connectivity index (χ3n) is 5.30. The standard InChI is InChI=1S/C13H25NO3.C9H16O/c1-2-9-16-11-12-17-10-6-13(15)14-7-4-3-5-8-14;1-2-9(10)8-6-4-3-5-7-8/h2-12H2,1H3;8H,2-7H2,1H3. The van der Waals surface area contributed by atoms with Gasteiger partial charge in [0.1, 0.15) is 5.78 Å². The van der Waals surface area contributed by atoms with Gasteiger partial charge in [0.2, 0.25) is 5.91 Å². The molecule has 1 saturated heterocycles. The fourth-order valence-electron chi connectivity index (χ4n) is 3.64. The van der Waals surface area contributed by atoms with E-state index in [0.29, 0.717) is 37.9 Å². The number of carbonyl (C=O) groups is 2. The smallest absolute Gasteiger partial charge is 0.224 e. The molecule has 27 heavy (non-hydrogen) atoms. The van der Waals surface area contributed by atoms with Crippen molar-refractivity contribution in [1.82, 2.24) is 4.90 Å². The molecule has 0 bridgehead atoms. The minimum atomic E-state index is 0.235. The summed E-state index contributed by atoms with van der Waals surface area (Å²) < 4.78 is 10.7. The zero-order valence-corrected chi connectivity index (χ0v) is 17.7. The molecule has 1 saturated carbocycles. The number of ketones is 1. The Morgan fingerprint density at radius 1 is 0.815 bits per heavy atom. The van der Waals surface area contributed by atoms with Crippen LogP contribution in [0.3, 0.4) is 0 Å². The van der Waals surface area contributed by atoms with Gasteiger partial charge in [0.05, 0.1) is 26.2 Å². The number of piperidine rings is 1. The lowest BCUT2D eigenvalue weighted by Crippen LogP contribution is -2.36. The van der Waals surface area contributed by atoms with Crippen LogP contribution < -0.4 is 0 Å². The van der Waals surface area contributed by atoms with E-state index in [0.717, 1.165) is 58.2 Å². The SMILES string of the molecule is CCC(=O)C1CCCCC1.CCCOCCOCCC(=O)N1CCCCC1. The van der Waals surface area contributed by atoms with Crippen LogP contribution in [0.4, 0.5) is 0 Å². The second kappa shape index (κ2) is 16.1. The van der Waals surface area contributed by atoms with Crippen LogP contribution in [0.5, 0.6) is 0 Å². The van der Waals surface area contributed by atoms with Crippen LogP contribution in [-0.2, 0) is 19.1 Å². The van der Waals surface area contributed by atoms with Gasteiger partial charge in [-0.1, -0.05) is 33.1 Å². The first-order valence-corrected chi connectivity index (χ1v) is 11.1. The predicted octanol–water partition coefficient (Wildman–Crippen LogP) is 4.38. The number of Topliss-reactive ketones (excluding diaryl/α,β-unsaturated/α-hetero) is 1. The molecule has 0 spiro atoms. The summed E-state index contributed by atoms with van der Waals surface area (Å²) in [7, 11) is 0. The van der Waals surface area contributed by atoms with Crippen molar-refractivity contribution >= 4 is 11.7 Å². The van der Waals surface area contributed by atoms with Gasteiger partial charge < -0.3 is 14.4 Å². The Kier molecular flexibility index (Phi) is 14.3. The molecule has 1 aliphatic heterocycles. The number of nitrogens with zero attached hydrogens (tertiary/aromatic N) is 1. The molecule has 2 aliphatic rings. The second-order valence-corrected chi connectivity index (χ2v) is 7.57. The fraction of sp³-hybridized carbons (Fsp3) is 0.909. The van der Waals surface area contributed by atoms with Crippen LogP contribution in [0, 0.1) is 5.92 Å². The van der Waals surface area contributed by atoms with Gasteiger partial charge in [0.15, 0.2) is 0 Å². The van der Waals surface area contributed by atoms with E-state index in [-0.39, 0.29) is 5.91 Å². The Hall–Kier alpha value is -0.940. The molecule has 0 unspecified atom stereocenters. The van der Waals surface area contributed by atoms with Crippen molar-refractivity contribution in [3.63, 3.8) is 0 Å². The van der Waals surface area contributed by atoms with E-state index in [1.54, 1.807) is 0 Å². The zero-order valence-electron chi connectivity index (χ0n) is 17.7. The molecule has 0 radical (unpaired) electrons. The number of carbonyl (C=O) groups excluding carboxylic acids is 2. The van der Waals surface area contributed by atoms with Crippen LogP contribution in [-0.4, -0.2) is 56.1 Å². The number of hydrogen-bond donors (Lipinski definition) is 0. The Morgan fingerprint density at radius 3 is 2.00 bits per heavy atom. The number of likely N-dealkylation sites (tertiary alicyclic amines) is 1. The molecule has 5 heteroatoms. The number of hydrogen-bond acceptors (Lipinski definition) is 4. The summed E-state index contributed by atoms with van der Waals surface area (Å²) >= 11 is 0. The van der Waals surface area contributed by atoms with Gasteiger partial charge in [0, 0.05) is 32.0 Å². The highest BCUT2D eigenvalue weighted by atomic mass is 16.5. The average molecular weight is 384 g/mol. The van der Waals surface area contributed by atoms with Crippen LogP contribution in [0.1, 0.15) is 84.5 Å². The molecule has 0 aromatic carbocycles. The summed E-state index contributed by atoms with van der Waals surface area (Å²) in [5.74, 6) is 1.15. The molecule has 158 valence electrons. The van der Waals surface area contributed by atoms with Crippen molar-refractivity contribution in [1.29, 1.82) is 0 Å². The van der Waals surface area contributed by atoms with Crippen LogP contribution in [0.25, 0.3) is 0 Å². The van der Waals surface area contributed by atoms with Crippen molar-refractivity contribution in [3.8, 4) is 0 Å². The lowest BCUT2D eigenvalue weighted by atomic mass is 9.85. The van der Waals surface area contributed by atoms with Crippen molar-refractivity contribution in [2.75, 3.05) is 39.5 Å². The predicted molar refractivity (Wildman–Crippen MR) is 109 cm³/mol. The molecule has 2 rings (SSSR count). The molecule has 1 heterocycles. The van der Waals surface area contributed by atoms with E-state index in [9.17, 15) is 9.59 Å². The van der Waals surface area contributed by atoms with Gasteiger partial charge in [0.25, 0.3) is 0 Å². The molecular formula is C22H41NO4. The van der Waals surface area contributed by atoms with E-state index in [2.05, 4.69) is 6.92 Å². The van der Waals surface area contributed by atoms with E-state index >= 15 is 0 Å². The van der Waals surface area contributed by atoms with E-state index in [1.165, 1.54) is 25.7 Å². The van der Waals surface area contributed by atoms with Crippen molar-refractivity contribution in [2.24, 2.45) is 5.92 Å². The van der Waals surface area contributed by atoms with Gasteiger partial charge >= 0.3 is 0 Å². The summed E-state index contributed by atoms with van der Waals surface area (Å²) in [4.78, 5) is 24.9. The van der Waals surface area contributed by atoms with Crippen LogP contribution >= 0.6 is 0 Å². The highest BCUT2D eigenvalue weighted by Crippen LogP contribution is 2.24. The first kappa shape index (κ1) is 24.1. The average Bonchev–Trinajstić information content (AvgIpc) is 2.74. The van der Waals surface area contributed by atoms with Gasteiger partial charge in [-0.05, 0) is 38.5 Å². The highest BCUT2D eigenvalue weighted by Gasteiger charge is 2.18. The minimum Gasteiger partial charge on any atom is -0.379 e. The summed E-state index contributed by atoms with van der Waals surface area (Å²) in [6, 6.07) is 0. The summed E-state index contributed by atoms with van der Waals surface area (Å²) in [6.45, 7) is 8.44. The zero-order chi connectivity index (χ0) is 19.7. The normalized spacial score (nSPS) is 17.9. The lowest BCUT2D eigenvalue weighted by Gasteiger charge is -2.26. The van der Waals surface area contributed by atoms with E-state index in [1.807, 2.05) is 11.8 Å². The monoisotopic (exact) mass is 383 g/mol. The van der Waals surface area contributed by atoms with Crippen molar-refractivity contribution in [2.45, 2.75) is 84.5 Å². The maximum Gasteiger partial charge on any atom is 0.224 e. The third-order valence-corrected chi connectivity index (χ3v) is 5.30. The molecule has 5 nitrogen and oxygen atoms in total. The molecule has 0 aromatic heterocycles. The highest BCUT2D eigenvalue weighted by molar-refractivity contribution is 5.80. The molecule has 0 aromatic rings. The second-order valence-electron chi connectivity index (χ2n) is 7.57. The Morgan fingerprint density at radius 2 is 1.41 bits per heavy atom. The Balaban J connectivity index is 0.000000309. The first-order valence-electron chi connectivity index (χ1n) is 11.1. The Labute approximate surface area is 166 Å². The summed E-state index contributed by atoms with van der Waals surface area (Å²) in [6.07, 6.45) is 12.1. The van der Waals surface area contributed by atoms with Gasteiger partial charge in [-0.2, -0.15) is 0 Å². The van der Waals surface area contributed by atoms with Crippen LogP contribution in [0.2, 0.25) is 0 Å². The minimum absolute atomic E-state index is 0.235. The third kappa shape index (κ3) is 11.5. The summed E-state index contributed by atoms with van der Waals surface area (Å²) in [5.41, 5.74) is 0. The first-order chi connectivity index (χ1) is 13.2. The molecular weight excluding hydrogens is 342 g/mol. The number of ether oxygens (including phenoxy) is 2. The quantitative estimate of drug-likeness (QED) is 0.525. The molecule has 0 N–H and O–H groups in total. The number of amides is 1. The van der Waals surface area contributed by atoms with Crippen molar-refractivity contribution in [3.05, 3.63) is 0 Å². The fourth-order valence-corrected chi connectivity index (χ4v) is 3.64. The maximum atomic E-state index is 11.7. The Bertz CT molecular complexity index is 388. The van der Waals surface area contributed by atoms with E-state index in [4.69, 9.17) is 9.47 Å². The molecule has 1 amide bonds. The van der Waals surface area contributed by atoms with Gasteiger partial charge in [-0.15, -0.1) is 0 Å². The maximum absolute atomic E-state index is 11.7. The van der Waals surface area contributed by atoms with Crippen LogP contribution in [0.15, 0.2) is 0 Å². The molecule has 2 fully saturated rings. The van der Waals surface area contributed by atoms with Gasteiger partial charge in [-0.3, -0.25) is 9.59 Å². The largest absolute Gasteiger partial charge is 0.379 e. The molecule has 1 aliphatic carbocycles.